The summed E-state index contributed by atoms with van der Waals surface area (Å²) >= 11 is 4.82. The van der Waals surface area contributed by atoms with Gasteiger partial charge in [-0.3, -0.25) is 4.79 Å². The first kappa shape index (κ1) is 17.5. The molecule has 1 aromatic carbocycles. The van der Waals surface area contributed by atoms with Crippen LogP contribution in [0.5, 0.6) is 0 Å². The standard InChI is InChI=1S/C15H20F2N2OS/c1-10(2)9-19(6-5-14(18)21)15(20)8-11-3-4-12(16)13(17)7-11/h3-4,7,10H,5-6,8-9H2,1-2H3,(H2,18,21). The van der Waals surface area contributed by atoms with E-state index in [1.165, 1.54) is 6.07 Å². The molecular formula is C15H20F2N2OS. The van der Waals surface area contributed by atoms with Crippen LogP contribution in [0.25, 0.3) is 0 Å². The van der Waals surface area contributed by atoms with Crippen LogP contribution in [0.15, 0.2) is 18.2 Å². The van der Waals surface area contributed by atoms with Crippen LogP contribution in [-0.2, 0) is 11.2 Å². The normalized spacial score (nSPS) is 10.7. The van der Waals surface area contributed by atoms with E-state index in [1.54, 1.807) is 4.90 Å². The Morgan fingerprint density at radius 3 is 2.52 bits per heavy atom. The molecule has 0 aliphatic rings. The van der Waals surface area contributed by atoms with Crippen molar-refractivity contribution in [2.75, 3.05) is 13.1 Å². The third kappa shape index (κ3) is 6.16. The molecule has 0 aliphatic heterocycles. The van der Waals surface area contributed by atoms with Crippen LogP contribution in [0.1, 0.15) is 25.8 Å². The summed E-state index contributed by atoms with van der Waals surface area (Å²) in [4.78, 5) is 14.3. The maximum Gasteiger partial charge on any atom is 0.227 e. The van der Waals surface area contributed by atoms with Gasteiger partial charge in [0.15, 0.2) is 11.6 Å². The largest absolute Gasteiger partial charge is 0.393 e. The zero-order valence-corrected chi connectivity index (χ0v) is 13.1. The Labute approximate surface area is 129 Å². The van der Waals surface area contributed by atoms with E-state index in [9.17, 15) is 13.6 Å². The number of carbonyl (C=O) groups excluding carboxylic acids is 1. The van der Waals surface area contributed by atoms with Crippen molar-refractivity contribution in [2.45, 2.75) is 26.7 Å². The van der Waals surface area contributed by atoms with Crippen molar-refractivity contribution < 1.29 is 13.6 Å². The molecule has 0 atom stereocenters. The molecule has 0 spiro atoms. The molecule has 2 N–H and O–H groups in total. The predicted molar refractivity (Wildman–Crippen MR) is 82.9 cm³/mol. The van der Waals surface area contributed by atoms with Crippen molar-refractivity contribution in [1.29, 1.82) is 0 Å². The SMILES string of the molecule is CC(C)CN(CCC(N)=S)C(=O)Cc1ccc(F)c(F)c1. The molecule has 0 saturated heterocycles. The average Bonchev–Trinajstić information content (AvgIpc) is 2.38. The zero-order valence-electron chi connectivity index (χ0n) is 12.2. The minimum atomic E-state index is -0.946. The molecular weight excluding hydrogens is 294 g/mol. The van der Waals surface area contributed by atoms with Gasteiger partial charge in [-0.15, -0.1) is 0 Å². The van der Waals surface area contributed by atoms with Crippen molar-refractivity contribution in [2.24, 2.45) is 11.7 Å². The molecule has 0 heterocycles. The number of nitrogens with zero attached hydrogens (tertiary/aromatic N) is 1. The minimum absolute atomic E-state index is 0.0290. The number of hydrogen-bond donors (Lipinski definition) is 1. The number of hydrogen-bond acceptors (Lipinski definition) is 2. The Morgan fingerprint density at radius 2 is 2.00 bits per heavy atom. The van der Waals surface area contributed by atoms with Crippen LogP contribution in [0.2, 0.25) is 0 Å². The van der Waals surface area contributed by atoms with E-state index in [-0.39, 0.29) is 12.3 Å². The Hall–Kier alpha value is -1.56. The number of thiocarbonyl (C=S) groups is 1. The van der Waals surface area contributed by atoms with Gasteiger partial charge in [-0.05, 0) is 23.6 Å². The minimum Gasteiger partial charge on any atom is -0.393 e. The molecule has 0 aromatic heterocycles. The smallest absolute Gasteiger partial charge is 0.227 e. The second kappa shape index (κ2) is 8.02. The molecule has 0 saturated carbocycles. The maximum atomic E-state index is 13.2. The molecule has 6 heteroatoms. The molecule has 116 valence electrons. The molecule has 3 nitrogen and oxygen atoms in total. The third-order valence-electron chi connectivity index (χ3n) is 2.91. The summed E-state index contributed by atoms with van der Waals surface area (Å²) < 4.78 is 26.0. The van der Waals surface area contributed by atoms with Gasteiger partial charge in [0.1, 0.15) is 0 Å². The van der Waals surface area contributed by atoms with Gasteiger partial charge in [0, 0.05) is 19.5 Å². The van der Waals surface area contributed by atoms with Crippen molar-refractivity contribution in [3.8, 4) is 0 Å². The highest BCUT2D eigenvalue weighted by Gasteiger charge is 2.16. The lowest BCUT2D eigenvalue weighted by Crippen LogP contribution is -2.37. The van der Waals surface area contributed by atoms with Crippen LogP contribution in [0, 0.1) is 17.6 Å². The number of halogens is 2. The van der Waals surface area contributed by atoms with Crippen LogP contribution in [-0.4, -0.2) is 28.9 Å². The molecule has 21 heavy (non-hydrogen) atoms. The van der Waals surface area contributed by atoms with E-state index in [2.05, 4.69) is 0 Å². The first-order valence-electron chi connectivity index (χ1n) is 6.79. The summed E-state index contributed by atoms with van der Waals surface area (Å²) in [6.07, 6.45) is 0.479. The number of amides is 1. The van der Waals surface area contributed by atoms with Gasteiger partial charge in [-0.25, -0.2) is 8.78 Å². The van der Waals surface area contributed by atoms with Gasteiger partial charge in [-0.2, -0.15) is 0 Å². The maximum absolute atomic E-state index is 13.2. The Balaban J connectivity index is 2.74. The molecule has 0 radical (unpaired) electrons. The summed E-state index contributed by atoms with van der Waals surface area (Å²) in [6.45, 7) is 5.01. The number of nitrogens with two attached hydrogens (primary N) is 1. The summed E-state index contributed by atoms with van der Waals surface area (Å²) in [7, 11) is 0. The van der Waals surface area contributed by atoms with E-state index in [1.807, 2.05) is 13.8 Å². The van der Waals surface area contributed by atoms with E-state index in [0.29, 0.717) is 36.0 Å². The summed E-state index contributed by atoms with van der Waals surface area (Å²) in [5.74, 6) is -1.71. The lowest BCUT2D eigenvalue weighted by atomic mass is 10.1. The molecule has 0 aliphatic carbocycles. The summed E-state index contributed by atoms with van der Waals surface area (Å²) in [6, 6.07) is 3.49. The van der Waals surface area contributed by atoms with Crippen molar-refractivity contribution >= 4 is 23.1 Å². The second-order valence-electron chi connectivity index (χ2n) is 5.38. The van der Waals surface area contributed by atoms with Gasteiger partial charge < -0.3 is 10.6 Å². The topological polar surface area (TPSA) is 46.3 Å². The van der Waals surface area contributed by atoms with E-state index >= 15 is 0 Å². The fourth-order valence-corrected chi connectivity index (χ4v) is 2.03. The average molecular weight is 314 g/mol. The quantitative estimate of drug-likeness (QED) is 0.787. The highest BCUT2D eigenvalue weighted by atomic mass is 32.1. The third-order valence-corrected chi connectivity index (χ3v) is 3.11. The second-order valence-corrected chi connectivity index (χ2v) is 5.90. The predicted octanol–water partition coefficient (Wildman–Crippen LogP) is 2.67. The first-order valence-corrected chi connectivity index (χ1v) is 7.20. The van der Waals surface area contributed by atoms with Crippen LogP contribution < -0.4 is 5.73 Å². The Kier molecular flexibility index (Phi) is 6.68. The molecule has 0 unspecified atom stereocenters. The fraction of sp³-hybridized carbons (Fsp3) is 0.467. The highest BCUT2D eigenvalue weighted by Crippen LogP contribution is 2.11. The number of benzene rings is 1. The molecule has 0 bridgehead atoms. The summed E-state index contributed by atoms with van der Waals surface area (Å²) in [5, 5.41) is 0. The molecule has 1 rings (SSSR count). The van der Waals surface area contributed by atoms with Crippen LogP contribution in [0.4, 0.5) is 8.78 Å². The lowest BCUT2D eigenvalue weighted by molar-refractivity contribution is -0.130. The van der Waals surface area contributed by atoms with Gasteiger partial charge in [0.2, 0.25) is 5.91 Å². The fourth-order valence-electron chi connectivity index (χ4n) is 1.94. The van der Waals surface area contributed by atoms with Gasteiger partial charge in [0.05, 0.1) is 11.4 Å². The highest BCUT2D eigenvalue weighted by molar-refractivity contribution is 7.80. The molecule has 1 aromatic rings. The van der Waals surface area contributed by atoms with E-state index in [0.717, 1.165) is 12.1 Å². The Morgan fingerprint density at radius 1 is 1.33 bits per heavy atom. The first-order chi connectivity index (χ1) is 9.79. The van der Waals surface area contributed by atoms with Crippen molar-refractivity contribution in [3.05, 3.63) is 35.4 Å². The molecule has 1 amide bonds. The number of carbonyl (C=O) groups is 1. The van der Waals surface area contributed by atoms with Crippen molar-refractivity contribution in [1.82, 2.24) is 4.90 Å². The van der Waals surface area contributed by atoms with Gasteiger partial charge in [-0.1, -0.05) is 32.1 Å². The monoisotopic (exact) mass is 314 g/mol. The van der Waals surface area contributed by atoms with Gasteiger partial charge in [0.25, 0.3) is 0 Å². The van der Waals surface area contributed by atoms with Crippen molar-refractivity contribution in [3.63, 3.8) is 0 Å². The van der Waals surface area contributed by atoms with Gasteiger partial charge >= 0.3 is 0 Å². The molecule has 0 fully saturated rings. The van der Waals surface area contributed by atoms with E-state index < -0.39 is 11.6 Å². The lowest BCUT2D eigenvalue weighted by Gasteiger charge is -2.24. The zero-order chi connectivity index (χ0) is 16.0. The van der Waals surface area contributed by atoms with E-state index in [4.69, 9.17) is 18.0 Å². The van der Waals surface area contributed by atoms with Crippen LogP contribution >= 0.6 is 12.2 Å². The Bertz CT molecular complexity index is 520. The number of rotatable bonds is 7. The van der Waals surface area contributed by atoms with Crippen LogP contribution in [0.3, 0.4) is 0 Å². The summed E-state index contributed by atoms with van der Waals surface area (Å²) in [5.41, 5.74) is 5.91.